The fourth-order valence-electron chi connectivity index (χ4n) is 7.06. The zero-order chi connectivity index (χ0) is 24.7. The van der Waals surface area contributed by atoms with E-state index < -0.39 is 0 Å². The Labute approximate surface area is 206 Å². The third-order valence-electron chi connectivity index (χ3n) is 9.64. The van der Waals surface area contributed by atoms with Crippen LogP contribution in [-0.2, 0) is 0 Å². The van der Waals surface area contributed by atoms with E-state index >= 15 is 0 Å². The van der Waals surface area contributed by atoms with Gasteiger partial charge in [0, 0.05) is 94.7 Å². The van der Waals surface area contributed by atoms with E-state index in [1.807, 2.05) is 0 Å². The van der Waals surface area contributed by atoms with Crippen molar-refractivity contribution in [3.05, 3.63) is 0 Å². The lowest BCUT2D eigenvalue weighted by atomic mass is 9.95. The largest absolute Gasteiger partial charge is 0.298 e. The molecule has 3 aliphatic heterocycles. The normalized spacial score (nSPS) is 35.3. The van der Waals surface area contributed by atoms with Crippen molar-refractivity contribution in [3.63, 3.8) is 0 Å². The number of hydrogen-bond donors (Lipinski definition) is 0. The predicted molar refractivity (Wildman–Crippen MR) is 142 cm³/mol. The quantitative estimate of drug-likeness (QED) is 0.598. The fourth-order valence-corrected chi connectivity index (χ4v) is 7.06. The maximum Gasteiger partial charge on any atom is 0.0686 e. The van der Waals surface area contributed by atoms with Gasteiger partial charge in [0.2, 0.25) is 0 Å². The van der Waals surface area contributed by atoms with Crippen LogP contribution in [0.3, 0.4) is 0 Å². The van der Waals surface area contributed by atoms with Crippen molar-refractivity contribution in [1.82, 2.24) is 29.4 Å². The Morgan fingerprint density at radius 1 is 0.606 bits per heavy atom. The van der Waals surface area contributed by atoms with Crippen LogP contribution >= 0.6 is 0 Å². The van der Waals surface area contributed by atoms with E-state index in [0.29, 0.717) is 42.3 Å². The molecular formula is C27H56N6. The average molecular weight is 465 g/mol. The van der Waals surface area contributed by atoms with Gasteiger partial charge < -0.3 is 0 Å². The molecule has 0 aromatic rings. The molecule has 6 heteroatoms. The molecule has 0 N–H and O–H groups in total. The van der Waals surface area contributed by atoms with Gasteiger partial charge in [0.25, 0.3) is 0 Å². The van der Waals surface area contributed by atoms with E-state index in [9.17, 15) is 0 Å². The third kappa shape index (κ3) is 5.78. The maximum atomic E-state index is 2.83. The number of nitrogens with zero attached hydrogens (tertiary/aromatic N) is 6. The van der Waals surface area contributed by atoms with Crippen LogP contribution < -0.4 is 0 Å². The van der Waals surface area contributed by atoms with Crippen molar-refractivity contribution >= 4 is 0 Å². The Morgan fingerprint density at radius 3 is 1.48 bits per heavy atom. The van der Waals surface area contributed by atoms with Crippen LogP contribution in [0.5, 0.6) is 0 Å². The molecule has 6 atom stereocenters. The molecule has 3 heterocycles. The zero-order valence-corrected chi connectivity index (χ0v) is 23.9. The molecule has 0 aromatic carbocycles. The molecule has 3 saturated heterocycles. The number of likely N-dealkylation sites (N-methyl/N-ethyl adjacent to an activating group) is 1. The summed E-state index contributed by atoms with van der Waals surface area (Å²) in [7, 11) is 2.29. The topological polar surface area (TPSA) is 19.4 Å². The first-order chi connectivity index (χ1) is 15.3. The maximum absolute atomic E-state index is 2.83. The van der Waals surface area contributed by atoms with E-state index in [4.69, 9.17) is 0 Å². The van der Waals surface area contributed by atoms with Gasteiger partial charge in [0.1, 0.15) is 0 Å². The highest BCUT2D eigenvalue weighted by atomic mass is 15.5. The monoisotopic (exact) mass is 464 g/mol. The van der Waals surface area contributed by atoms with Crippen molar-refractivity contribution < 1.29 is 0 Å². The van der Waals surface area contributed by atoms with Gasteiger partial charge in [0.15, 0.2) is 0 Å². The van der Waals surface area contributed by atoms with E-state index in [0.717, 1.165) is 13.1 Å². The van der Waals surface area contributed by atoms with Crippen molar-refractivity contribution in [1.29, 1.82) is 0 Å². The van der Waals surface area contributed by atoms with E-state index in [-0.39, 0.29) is 5.66 Å². The minimum Gasteiger partial charge on any atom is -0.298 e. The molecule has 6 nitrogen and oxygen atoms in total. The molecule has 0 saturated carbocycles. The standard InChI is InChI=1S/C27H56N6/c1-20(2)29-12-14-30(15-13-29)25(7)26(8)31-16-23(5)33(24(6)17-31)27(9,10)32-18-21(3)28(11)22(4)19-32/h20-26H,12-19H2,1-11H3. The smallest absolute Gasteiger partial charge is 0.0686 e. The zero-order valence-electron chi connectivity index (χ0n) is 23.9. The molecule has 33 heavy (non-hydrogen) atoms. The summed E-state index contributed by atoms with van der Waals surface area (Å²) in [5.74, 6) is 0. The lowest BCUT2D eigenvalue weighted by Crippen LogP contribution is -2.72. The minimum atomic E-state index is 0.0801. The van der Waals surface area contributed by atoms with E-state index in [1.165, 1.54) is 39.3 Å². The summed E-state index contributed by atoms with van der Waals surface area (Å²) in [4.78, 5) is 16.3. The van der Waals surface area contributed by atoms with E-state index in [1.54, 1.807) is 0 Å². The van der Waals surface area contributed by atoms with Crippen LogP contribution in [0.1, 0.15) is 69.2 Å². The molecule has 0 bridgehead atoms. The highest BCUT2D eigenvalue weighted by Gasteiger charge is 2.45. The first-order valence-electron chi connectivity index (χ1n) is 13.8. The molecule has 6 unspecified atom stereocenters. The second-order valence-corrected chi connectivity index (χ2v) is 12.5. The van der Waals surface area contributed by atoms with Gasteiger partial charge in [-0.15, -0.1) is 0 Å². The molecule has 3 aliphatic rings. The van der Waals surface area contributed by atoms with Crippen LogP contribution in [0, 0.1) is 0 Å². The van der Waals surface area contributed by atoms with Crippen LogP contribution in [0.25, 0.3) is 0 Å². The molecule has 0 aliphatic carbocycles. The Balaban J connectivity index is 1.62. The average Bonchev–Trinajstić information content (AvgIpc) is 2.75. The third-order valence-corrected chi connectivity index (χ3v) is 9.64. The number of hydrogen-bond acceptors (Lipinski definition) is 6. The van der Waals surface area contributed by atoms with Crippen LogP contribution in [0.2, 0.25) is 0 Å². The molecule has 0 spiro atoms. The van der Waals surface area contributed by atoms with Gasteiger partial charge in [-0.3, -0.25) is 29.4 Å². The Morgan fingerprint density at radius 2 is 1.03 bits per heavy atom. The second-order valence-electron chi connectivity index (χ2n) is 12.5. The Kier molecular flexibility index (Phi) is 8.95. The van der Waals surface area contributed by atoms with Gasteiger partial charge in [-0.05, 0) is 76.3 Å². The van der Waals surface area contributed by atoms with E-state index in [2.05, 4.69) is 106 Å². The molecule has 0 amide bonds. The molecule has 0 radical (unpaired) electrons. The molecular weight excluding hydrogens is 408 g/mol. The summed E-state index contributed by atoms with van der Waals surface area (Å²) in [5.41, 5.74) is 0.0801. The van der Waals surface area contributed by atoms with Crippen LogP contribution in [-0.4, -0.2) is 137 Å². The van der Waals surface area contributed by atoms with Crippen LogP contribution in [0.4, 0.5) is 0 Å². The summed E-state index contributed by atoms with van der Waals surface area (Å²) in [6, 6.07) is 4.20. The highest BCUT2D eigenvalue weighted by molar-refractivity contribution is 4.99. The first-order valence-corrected chi connectivity index (χ1v) is 13.8. The summed E-state index contributed by atoms with van der Waals surface area (Å²) < 4.78 is 0. The SMILES string of the molecule is CC(C)N1CCN(C(C)C(C)N2CC(C)N(C(C)(C)N3CC(C)N(C)C(C)C3)C(C)C2)CC1. The van der Waals surface area contributed by atoms with Crippen molar-refractivity contribution in [3.8, 4) is 0 Å². The summed E-state index contributed by atoms with van der Waals surface area (Å²) >= 11 is 0. The van der Waals surface area contributed by atoms with Crippen LogP contribution in [0.15, 0.2) is 0 Å². The summed E-state index contributed by atoms with van der Waals surface area (Å²) in [6.07, 6.45) is 0. The fraction of sp³-hybridized carbons (Fsp3) is 1.00. The summed E-state index contributed by atoms with van der Waals surface area (Å²) in [6.45, 7) is 33.7. The van der Waals surface area contributed by atoms with Gasteiger partial charge in [-0.1, -0.05) is 0 Å². The Bertz CT molecular complexity index is 592. The Hall–Kier alpha value is -0.240. The molecule has 3 rings (SSSR count). The number of piperazine rings is 3. The lowest BCUT2D eigenvalue weighted by molar-refractivity contribution is -0.137. The van der Waals surface area contributed by atoms with Gasteiger partial charge >= 0.3 is 0 Å². The second kappa shape index (κ2) is 10.8. The van der Waals surface area contributed by atoms with Crippen molar-refractivity contribution in [2.24, 2.45) is 0 Å². The minimum absolute atomic E-state index is 0.0801. The van der Waals surface area contributed by atoms with Gasteiger partial charge in [-0.25, -0.2) is 0 Å². The molecule has 0 aromatic heterocycles. The van der Waals surface area contributed by atoms with Gasteiger partial charge in [-0.2, -0.15) is 0 Å². The first kappa shape index (κ1) is 27.3. The van der Waals surface area contributed by atoms with Gasteiger partial charge in [0.05, 0.1) is 5.66 Å². The van der Waals surface area contributed by atoms with Crippen molar-refractivity contribution in [2.75, 3.05) is 59.4 Å². The molecule has 194 valence electrons. The molecule has 3 fully saturated rings. The number of rotatable bonds is 6. The highest BCUT2D eigenvalue weighted by Crippen LogP contribution is 2.32. The summed E-state index contributed by atoms with van der Waals surface area (Å²) in [5, 5.41) is 0. The predicted octanol–water partition coefficient (Wildman–Crippen LogP) is 2.94. The van der Waals surface area contributed by atoms with Crippen molar-refractivity contribution in [2.45, 2.75) is 117 Å². The lowest BCUT2D eigenvalue weighted by Gasteiger charge is -2.59.